The predicted molar refractivity (Wildman–Crippen MR) is 104 cm³/mol. The molecule has 150 valence electrons. The Hall–Kier alpha value is -3.03. The average molecular weight is 386 g/mol. The van der Waals surface area contributed by atoms with Crippen molar-refractivity contribution in [3.05, 3.63) is 47.7 Å². The lowest BCUT2D eigenvalue weighted by Gasteiger charge is -2.36. The highest BCUT2D eigenvalue weighted by Gasteiger charge is 2.27. The van der Waals surface area contributed by atoms with Crippen LogP contribution in [0.15, 0.2) is 36.4 Å². The van der Waals surface area contributed by atoms with Crippen LogP contribution in [0, 0.1) is 0 Å². The quantitative estimate of drug-likeness (QED) is 0.768. The van der Waals surface area contributed by atoms with Crippen LogP contribution in [0.5, 0.6) is 0 Å². The van der Waals surface area contributed by atoms with E-state index in [2.05, 4.69) is 10.2 Å². The monoisotopic (exact) mass is 386 g/mol. The van der Waals surface area contributed by atoms with Gasteiger partial charge in [-0.15, -0.1) is 0 Å². The van der Waals surface area contributed by atoms with E-state index in [0.717, 1.165) is 18.4 Å². The number of esters is 1. The first kappa shape index (κ1) is 19.7. The second kappa shape index (κ2) is 9.25. The van der Waals surface area contributed by atoms with E-state index in [-0.39, 0.29) is 18.7 Å². The van der Waals surface area contributed by atoms with E-state index in [1.807, 2.05) is 42.3 Å². The molecule has 2 heterocycles. The van der Waals surface area contributed by atoms with Gasteiger partial charge < -0.3 is 19.3 Å². The van der Waals surface area contributed by atoms with Crippen LogP contribution >= 0.6 is 0 Å². The summed E-state index contributed by atoms with van der Waals surface area (Å²) in [5.74, 6) is 0.277. The number of ether oxygens (including phenoxy) is 2. The summed E-state index contributed by atoms with van der Waals surface area (Å²) in [4.78, 5) is 27.8. The Bertz CT molecular complexity index is 785. The highest BCUT2D eigenvalue weighted by molar-refractivity contribution is 5.88. The van der Waals surface area contributed by atoms with Crippen molar-refractivity contribution in [3.63, 3.8) is 0 Å². The number of H-pyrrole nitrogens is 1. The molecule has 0 unspecified atom stereocenters. The zero-order valence-electron chi connectivity index (χ0n) is 16.3. The summed E-state index contributed by atoms with van der Waals surface area (Å²) in [5.41, 5.74) is 1.31. The Morgan fingerprint density at radius 3 is 2.61 bits per heavy atom. The molecular weight excluding hydrogens is 360 g/mol. The number of aromatic amines is 1. The van der Waals surface area contributed by atoms with Gasteiger partial charge in [0.2, 0.25) is 0 Å². The Kier molecular flexibility index (Phi) is 6.52. The van der Waals surface area contributed by atoms with Crippen molar-refractivity contribution < 1.29 is 19.1 Å². The highest BCUT2D eigenvalue weighted by Crippen LogP contribution is 2.22. The van der Waals surface area contributed by atoms with Crippen LogP contribution in [-0.2, 0) is 16.1 Å². The Morgan fingerprint density at radius 2 is 1.93 bits per heavy atom. The van der Waals surface area contributed by atoms with Crippen LogP contribution in [0.1, 0.15) is 35.8 Å². The molecule has 2 aromatic rings. The van der Waals surface area contributed by atoms with E-state index < -0.39 is 5.97 Å². The van der Waals surface area contributed by atoms with E-state index in [1.165, 1.54) is 0 Å². The van der Waals surface area contributed by atoms with Crippen LogP contribution in [0.25, 0.3) is 0 Å². The molecule has 8 nitrogen and oxygen atoms in total. The van der Waals surface area contributed by atoms with Gasteiger partial charge in [0, 0.05) is 32.2 Å². The topological polar surface area (TPSA) is 87.8 Å². The van der Waals surface area contributed by atoms with Crippen molar-refractivity contribution in [1.82, 2.24) is 15.1 Å². The van der Waals surface area contributed by atoms with Gasteiger partial charge in [-0.3, -0.25) is 5.10 Å². The molecule has 1 aliphatic rings. The summed E-state index contributed by atoms with van der Waals surface area (Å²) in [7, 11) is 1.94. The fourth-order valence-electron chi connectivity index (χ4n) is 3.24. The number of hydrogen-bond donors (Lipinski definition) is 1. The van der Waals surface area contributed by atoms with Gasteiger partial charge in [-0.2, -0.15) is 5.10 Å². The molecule has 8 heteroatoms. The largest absolute Gasteiger partial charge is 0.461 e. The first-order chi connectivity index (χ1) is 13.6. The molecule has 1 aromatic carbocycles. The summed E-state index contributed by atoms with van der Waals surface area (Å²) in [5, 5.41) is 6.93. The van der Waals surface area contributed by atoms with Gasteiger partial charge in [-0.1, -0.05) is 30.3 Å². The molecular formula is C20H26N4O4. The first-order valence-electron chi connectivity index (χ1n) is 9.49. The molecule has 0 spiro atoms. The number of carbonyl (C=O) groups excluding carboxylic acids is 2. The van der Waals surface area contributed by atoms with Crippen molar-refractivity contribution >= 4 is 17.9 Å². The molecule has 0 radical (unpaired) electrons. The minimum Gasteiger partial charge on any atom is -0.461 e. The number of hydrogen-bond acceptors (Lipinski definition) is 6. The number of nitrogens with one attached hydrogen (secondary N) is 1. The summed E-state index contributed by atoms with van der Waals surface area (Å²) in [6.45, 7) is 3.61. The highest BCUT2D eigenvalue weighted by atomic mass is 16.6. The zero-order valence-corrected chi connectivity index (χ0v) is 16.3. The van der Waals surface area contributed by atoms with Crippen LogP contribution in [-0.4, -0.2) is 59.9 Å². The van der Waals surface area contributed by atoms with Crippen LogP contribution in [0.3, 0.4) is 0 Å². The third-order valence-corrected chi connectivity index (χ3v) is 4.90. The second-order valence-electron chi connectivity index (χ2n) is 6.73. The summed E-state index contributed by atoms with van der Waals surface area (Å²) in [6, 6.07) is 11.6. The van der Waals surface area contributed by atoms with Gasteiger partial charge in [0.1, 0.15) is 12.3 Å². The van der Waals surface area contributed by atoms with Crippen LogP contribution in [0.2, 0.25) is 0 Å². The number of amides is 1. The van der Waals surface area contributed by atoms with Crippen molar-refractivity contribution in [2.45, 2.75) is 32.4 Å². The number of rotatable bonds is 6. The minimum atomic E-state index is -0.411. The zero-order chi connectivity index (χ0) is 19.9. The van der Waals surface area contributed by atoms with E-state index in [9.17, 15) is 9.59 Å². The Labute approximate surface area is 164 Å². The van der Waals surface area contributed by atoms with Gasteiger partial charge in [-0.25, -0.2) is 9.59 Å². The van der Waals surface area contributed by atoms with E-state index in [0.29, 0.717) is 31.2 Å². The van der Waals surface area contributed by atoms with E-state index in [4.69, 9.17) is 9.47 Å². The molecule has 0 bridgehead atoms. The molecule has 1 amide bonds. The Balaban J connectivity index is 1.48. The number of carbonyl (C=O) groups is 2. The first-order valence-corrected chi connectivity index (χ1v) is 9.49. The molecule has 0 saturated carbocycles. The van der Waals surface area contributed by atoms with Gasteiger partial charge in [0.15, 0.2) is 5.82 Å². The summed E-state index contributed by atoms with van der Waals surface area (Å²) >= 11 is 0. The maximum absolute atomic E-state index is 12.3. The van der Waals surface area contributed by atoms with Gasteiger partial charge in [0.25, 0.3) is 0 Å². The number of nitrogens with zero attached hydrogens (tertiary/aromatic N) is 3. The number of aromatic nitrogens is 2. The number of piperidine rings is 1. The second-order valence-corrected chi connectivity index (χ2v) is 6.73. The fourth-order valence-corrected chi connectivity index (χ4v) is 3.24. The third-order valence-electron chi connectivity index (χ3n) is 4.90. The minimum absolute atomic E-state index is 0.233. The lowest BCUT2D eigenvalue weighted by molar-refractivity contribution is 0.0519. The van der Waals surface area contributed by atoms with Crippen molar-refractivity contribution in [2.24, 2.45) is 0 Å². The molecule has 1 saturated heterocycles. The maximum atomic E-state index is 12.3. The lowest BCUT2D eigenvalue weighted by atomic mass is 10.0. The average Bonchev–Trinajstić information content (AvgIpc) is 3.23. The maximum Gasteiger partial charge on any atom is 0.410 e. The van der Waals surface area contributed by atoms with Crippen molar-refractivity contribution in [1.29, 1.82) is 0 Å². The molecule has 1 aromatic heterocycles. The predicted octanol–water partition coefficient (Wildman–Crippen LogP) is 2.82. The van der Waals surface area contributed by atoms with Gasteiger partial charge in [0.05, 0.1) is 6.61 Å². The number of benzene rings is 1. The van der Waals surface area contributed by atoms with E-state index >= 15 is 0 Å². The van der Waals surface area contributed by atoms with Crippen LogP contribution < -0.4 is 4.90 Å². The normalized spacial score (nSPS) is 14.6. The van der Waals surface area contributed by atoms with Crippen LogP contribution in [0.4, 0.5) is 10.6 Å². The van der Waals surface area contributed by atoms with Crippen molar-refractivity contribution in [2.75, 3.05) is 31.6 Å². The lowest BCUT2D eigenvalue weighted by Crippen LogP contribution is -2.45. The summed E-state index contributed by atoms with van der Waals surface area (Å²) < 4.78 is 10.4. The van der Waals surface area contributed by atoms with Gasteiger partial charge >= 0.3 is 12.1 Å². The number of likely N-dealkylation sites (tertiary alicyclic amines) is 1. The molecule has 1 aliphatic heterocycles. The SMILES string of the molecule is CCOC(=O)c1cc(N(C)C2CCN(C(=O)OCc3ccccc3)CC2)n[nH]1. The number of anilines is 1. The smallest absolute Gasteiger partial charge is 0.410 e. The molecule has 1 fully saturated rings. The van der Waals surface area contributed by atoms with E-state index in [1.54, 1.807) is 17.9 Å². The fraction of sp³-hybridized carbons (Fsp3) is 0.450. The standard InChI is InChI=1S/C20H26N4O4/c1-3-27-19(25)17-13-18(22-21-17)23(2)16-9-11-24(12-10-16)20(26)28-14-15-7-5-4-6-8-15/h4-8,13,16H,3,9-12,14H2,1-2H3,(H,21,22). The molecule has 3 rings (SSSR count). The molecule has 0 aliphatic carbocycles. The Morgan fingerprint density at radius 1 is 1.21 bits per heavy atom. The molecule has 28 heavy (non-hydrogen) atoms. The summed E-state index contributed by atoms with van der Waals surface area (Å²) in [6.07, 6.45) is 1.33. The molecule has 1 N–H and O–H groups in total. The van der Waals surface area contributed by atoms with Gasteiger partial charge in [-0.05, 0) is 25.3 Å². The third kappa shape index (κ3) is 4.82. The molecule has 0 atom stereocenters. The van der Waals surface area contributed by atoms with Crippen molar-refractivity contribution in [3.8, 4) is 0 Å².